The molecule has 0 saturated heterocycles. The smallest absolute Gasteiger partial charge is 0.337 e. The molecule has 18 heteroatoms. The topological polar surface area (TPSA) is 213 Å². The van der Waals surface area contributed by atoms with E-state index in [9.17, 15) is 24.3 Å². The van der Waals surface area contributed by atoms with Gasteiger partial charge in [0.1, 0.15) is 22.7 Å². The van der Waals surface area contributed by atoms with Crippen molar-refractivity contribution in [1.29, 1.82) is 0 Å². The number of hydrogen-bond acceptors (Lipinski definition) is 9. The number of aromatic nitrogens is 8. The Balaban J connectivity index is 1.55. The maximum absolute atomic E-state index is 13.9. The minimum atomic E-state index is -0.666. The van der Waals surface area contributed by atoms with E-state index in [2.05, 4.69) is 20.2 Å². The second-order valence-electron chi connectivity index (χ2n) is 14.6. The van der Waals surface area contributed by atoms with Gasteiger partial charge in [-0.1, -0.05) is 11.1 Å². The Morgan fingerprint density at radius 3 is 1.82 bits per heavy atom. The van der Waals surface area contributed by atoms with Gasteiger partial charge in [-0.15, -0.1) is 0 Å². The highest BCUT2D eigenvalue weighted by Gasteiger charge is 2.22. The molecule has 0 spiro atoms. The number of hydrogen-bond donors (Lipinski definition) is 2. The van der Waals surface area contributed by atoms with E-state index in [0.29, 0.717) is 81.3 Å². The van der Waals surface area contributed by atoms with Crippen molar-refractivity contribution in [3.05, 3.63) is 98.7 Å². The van der Waals surface area contributed by atoms with E-state index < -0.39 is 23.7 Å². The molecule has 2 aromatic carbocycles. The Labute approximate surface area is 345 Å². The van der Waals surface area contributed by atoms with Crippen molar-refractivity contribution < 1.29 is 33.8 Å². The number of benzene rings is 2. The lowest BCUT2D eigenvalue weighted by molar-refractivity contribution is 0.0600. The molecule has 3 amide bonds. The summed E-state index contributed by atoms with van der Waals surface area (Å²) in [6, 6.07) is 11.7. The van der Waals surface area contributed by atoms with E-state index >= 15 is 0 Å². The number of primary amides is 1. The molecule has 0 bridgehead atoms. The number of amides is 3. The lowest BCUT2D eigenvalue weighted by Gasteiger charge is -2.14. The fourth-order valence-corrected chi connectivity index (χ4v) is 7.20. The van der Waals surface area contributed by atoms with Crippen molar-refractivity contribution in [2.24, 2.45) is 29.8 Å². The number of allylic oxidation sites excluding steroid dienone is 2. The lowest BCUT2D eigenvalue weighted by Crippen LogP contribution is -2.28. The van der Waals surface area contributed by atoms with Crippen LogP contribution >= 0.6 is 0 Å². The summed E-state index contributed by atoms with van der Waals surface area (Å²) >= 11 is 0. The largest absolute Gasteiger partial charge is 0.491 e. The normalized spacial score (nSPS) is 12.8. The second kappa shape index (κ2) is 17.6. The molecule has 6 aromatic rings. The average molecular weight is 822 g/mol. The Kier molecular flexibility index (Phi) is 12.5. The zero-order chi connectivity index (χ0) is 43.6. The zero-order valence-electron chi connectivity index (χ0n) is 35.4. The molecule has 0 saturated carbocycles. The number of carbonyl (C=O) groups is 4. The van der Waals surface area contributed by atoms with Crippen LogP contribution in [0.5, 0.6) is 5.75 Å². The summed E-state index contributed by atoms with van der Waals surface area (Å²) in [6.07, 6.45) is 0.336. The molecule has 0 radical (unpaired) electrons. The van der Waals surface area contributed by atoms with Crippen LogP contribution in [-0.4, -0.2) is 87.0 Å². The Morgan fingerprint density at radius 2 is 1.28 bits per heavy atom. The predicted molar refractivity (Wildman–Crippen MR) is 222 cm³/mol. The van der Waals surface area contributed by atoms with E-state index in [0.717, 1.165) is 11.1 Å². The summed E-state index contributed by atoms with van der Waals surface area (Å²) in [6.45, 7) is 12.8. The number of rotatable bonds is 14. The second-order valence-corrected chi connectivity index (χ2v) is 14.6. The molecule has 4 heterocycles. The third kappa shape index (κ3) is 8.22. The van der Waals surface area contributed by atoms with E-state index in [1.807, 2.05) is 43.8 Å². The molecule has 4 aromatic heterocycles. The summed E-state index contributed by atoms with van der Waals surface area (Å²) in [5, 5.41) is 18.4. The number of aryl methyl sites for hydroxylation is 6. The third-order valence-electron chi connectivity index (χ3n) is 10.4. The zero-order valence-corrected chi connectivity index (χ0v) is 35.4. The highest BCUT2D eigenvalue weighted by molar-refractivity contribution is 5.99. The Bertz CT molecular complexity index is 2860. The van der Waals surface area contributed by atoms with Crippen molar-refractivity contribution in [3.8, 4) is 5.75 Å². The van der Waals surface area contributed by atoms with Crippen molar-refractivity contribution in [2.45, 2.75) is 74.1 Å². The minimum absolute atomic E-state index is 0.105. The molecular weight excluding hydrogens is 771 g/mol. The van der Waals surface area contributed by atoms with Gasteiger partial charge in [-0.2, -0.15) is 20.2 Å². The number of nitrogens with zero attached hydrogens (tertiary/aromatic N) is 10. The van der Waals surface area contributed by atoms with Gasteiger partial charge in [0.05, 0.1) is 47.2 Å². The van der Waals surface area contributed by atoms with E-state index in [1.165, 1.54) is 7.11 Å². The van der Waals surface area contributed by atoms with Crippen LogP contribution in [0.3, 0.4) is 0 Å². The molecule has 0 unspecified atom stereocenters. The summed E-state index contributed by atoms with van der Waals surface area (Å²) in [5.74, 6) is -1.83. The summed E-state index contributed by atoms with van der Waals surface area (Å²) in [7, 11) is 4.84. The van der Waals surface area contributed by atoms with Crippen LogP contribution in [-0.2, 0) is 45.0 Å². The van der Waals surface area contributed by atoms with Crippen LogP contribution < -0.4 is 21.7 Å². The van der Waals surface area contributed by atoms with Gasteiger partial charge in [-0.05, 0) is 84.0 Å². The van der Waals surface area contributed by atoms with Gasteiger partial charge in [0.2, 0.25) is 17.1 Å². The fraction of sp³-hybridized carbons (Fsp3) is 0.381. The first-order valence-corrected chi connectivity index (χ1v) is 19.6. The molecule has 18 nitrogen and oxygen atoms in total. The first kappa shape index (κ1) is 42.8. The first-order chi connectivity index (χ1) is 28.6. The van der Waals surface area contributed by atoms with Gasteiger partial charge >= 0.3 is 5.97 Å². The van der Waals surface area contributed by atoms with Crippen LogP contribution in [0, 0.1) is 13.8 Å². The number of methoxy groups -OCH3 is 1. The molecule has 0 aliphatic carbocycles. The summed E-state index contributed by atoms with van der Waals surface area (Å²) < 4.78 is 21.6. The molecule has 0 atom stereocenters. The number of carbonyl (C=O) groups excluding carboxylic acids is 4. The van der Waals surface area contributed by atoms with Crippen molar-refractivity contribution >= 4 is 45.8 Å². The van der Waals surface area contributed by atoms with Crippen molar-refractivity contribution in [2.75, 3.05) is 20.3 Å². The summed E-state index contributed by atoms with van der Waals surface area (Å²) in [5.41, 5.74) is 13.1. The highest BCUT2D eigenvalue weighted by Crippen LogP contribution is 2.29. The first-order valence-electron chi connectivity index (χ1n) is 19.6. The monoisotopic (exact) mass is 821 g/mol. The predicted octanol–water partition coefficient (Wildman–Crippen LogP) is 3.49. The van der Waals surface area contributed by atoms with E-state index in [-0.39, 0.29) is 37.5 Å². The standard InChI is InChI=1S/C42H51N11O7/c1-10-52-33(17-26(5)46-52)38(56)44-41-48(7)31-19-28(40(58)59-9)13-14-30(31)50(41)22-24(3)25(4)23-51-36-32(20-29(37(43)55)21-35(36)60-16-12-15-54)49(8)42(51)45-39(57)34-18-27(6)47-53(34)11-2/h13-14,17-21,54H,10-12,15-16,22-23H2,1-9H3,(H2,43,55)/b25-24+,44-41?,45-42?. The Morgan fingerprint density at radius 1 is 0.750 bits per heavy atom. The molecule has 60 heavy (non-hydrogen) atoms. The van der Waals surface area contributed by atoms with Crippen LogP contribution in [0.25, 0.3) is 22.1 Å². The van der Waals surface area contributed by atoms with Gasteiger partial charge in [-0.3, -0.25) is 23.7 Å². The molecule has 0 aliphatic rings. The number of esters is 1. The van der Waals surface area contributed by atoms with Crippen LogP contribution in [0.15, 0.2) is 63.6 Å². The van der Waals surface area contributed by atoms with Gasteiger partial charge < -0.3 is 38.6 Å². The van der Waals surface area contributed by atoms with Crippen molar-refractivity contribution in [1.82, 2.24) is 37.8 Å². The van der Waals surface area contributed by atoms with Crippen LogP contribution in [0.2, 0.25) is 0 Å². The van der Waals surface area contributed by atoms with Crippen LogP contribution in [0.4, 0.5) is 0 Å². The molecule has 3 N–H and O–H groups in total. The fourth-order valence-electron chi connectivity index (χ4n) is 7.20. The lowest BCUT2D eigenvalue weighted by atomic mass is 10.1. The van der Waals surface area contributed by atoms with Crippen molar-refractivity contribution in [3.63, 3.8) is 0 Å². The minimum Gasteiger partial charge on any atom is -0.491 e. The molecule has 6 rings (SSSR count). The van der Waals surface area contributed by atoms with Gasteiger partial charge in [0, 0.05) is 58.9 Å². The third-order valence-corrected chi connectivity index (χ3v) is 10.4. The average Bonchev–Trinajstić information content (AvgIpc) is 3.95. The van der Waals surface area contributed by atoms with Gasteiger partial charge in [0.25, 0.3) is 11.8 Å². The number of imidazole rings is 2. The quantitative estimate of drug-likeness (QED) is 0.0934. The van der Waals surface area contributed by atoms with E-state index in [4.69, 9.17) is 15.2 Å². The van der Waals surface area contributed by atoms with Gasteiger partial charge in [-0.25, -0.2) is 4.79 Å². The van der Waals surface area contributed by atoms with Crippen LogP contribution in [0.1, 0.15) is 87.2 Å². The number of nitrogens with two attached hydrogens (primary N) is 1. The Hall–Kier alpha value is -6.82. The number of aliphatic hydroxyl groups is 1. The molecule has 0 fully saturated rings. The molecule has 0 aliphatic heterocycles. The highest BCUT2D eigenvalue weighted by atomic mass is 16.5. The number of ether oxygens (including phenoxy) is 2. The number of fused-ring (bicyclic) bond motifs is 2. The van der Waals surface area contributed by atoms with Gasteiger partial charge in [0.15, 0.2) is 0 Å². The summed E-state index contributed by atoms with van der Waals surface area (Å²) in [4.78, 5) is 62.1. The maximum atomic E-state index is 13.9. The maximum Gasteiger partial charge on any atom is 0.337 e. The molecule has 316 valence electrons. The number of aliphatic hydroxyl groups excluding tert-OH is 1. The SMILES string of the molecule is CCn1nc(C)cc1C(=O)N=c1n(C)c2cc(C(=O)OC)ccc2n1C/C(C)=C(\C)Cn1c(=NC(=O)c2cc(C)nn2CC)n(C)c2cc(C(N)=O)cc(OCCCO)c21. The molecular formula is C42H51N11O7. The van der Waals surface area contributed by atoms with E-state index in [1.54, 1.807) is 82.0 Å².